The molecule has 0 aliphatic carbocycles. The number of amides is 2. The summed E-state index contributed by atoms with van der Waals surface area (Å²) in [6.45, 7) is 2.41. The van der Waals surface area contributed by atoms with Crippen LogP contribution in [0.15, 0.2) is 54.6 Å². The molecule has 1 aliphatic heterocycles. The molecule has 0 spiro atoms. The topological polar surface area (TPSA) is 49.4 Å². The first-order valence-corrected chi connectivity index (χ1v) is 8.34. The zero-order valence-electron chi connectivity index (χ0n) is 13.4. The molecule has 4 nitrogen and oxygen atoms in total. The molecule has 1 saturated heterocycles. The maximum Gasteiger partial charge on any atom is 0.229 e. The highest BCUT2D eigenvalue weighted by molar-refractivity contribution is 6.33. The SMILES string of the molecule is C[C@@H](c1ccccc1)N1C[C@@H](C(=O)Nc2ccccc2Cl)CC1=O. The normalized spacial score (nSPS) is 18.5. The number of likely N-dealkylation sites (tertiary alicyclic amines) is 1. The fourth-order valence-electron chi connectivity index (χ4n) is 2.99. The second kappa shape index (κ2) is 7.05. The van der Waals surface area contributed by atoms with Gasteiger partial charge < -0.3 is 10.2 Å². The summed E-state index contributed by atoms with van der Waals surface area (Å²) in [4.78, 5) is 26.6. The predicted molar refractivity (Wildman–Crippen MR) is 94.8 cm³/mol. The molecule has 2 atom stereocenters. The molecule has 1 fully saturated rings. The molecule has 0 radical (unpaired) electrons. The molecule has 124 valence electrons. The first-order valence-electron chi connectivity index (χ1n) is 7.96. The Morgan fingerprint density at radius 3 is 2.54 bits per heavy atom. The van der Waals surface area contributed by atoms with Gasteiger partial charge in [-0.05, 0) is 24.6 Å². The Labute approximate surface area is 146 Å². The highest BCUT2D eigenvalue weighted by Crippen LogP contribution is 2.29. The number of benzene rings is 2. The number of carbonyl (C=O) groups is 2. The summed E-state index contributed by atoms with van der Waals surface area (Å²) in [6.07, 6.45) is 0.230. The van der Waals surface area contributed by atoms with Crippen molar-refractivity contribution in [3.8, 4) is 0 Å². The maximum atomic E-state index is 12.5. The minimum atomic E-state index is -0.361. The second-order valence-electron chi connectivity index (χ2n) is 6.00. The largest absolute Gasteiger partial charge is 0.335 e. The van der Waals surface area contributed by atoms with Crippen LogP contribution in [0.4, 0.5) is 5.69 Å². The number of hydrogen-bond acceptors (Lipinski definition) is 2. The monoisotopic (exact) mass is 342 g/mol. The van der Waals surface area contributed by atoms with Gasteiger partial charge in [0.25, 0.3) is 0 Å². The quantitative estimate of drug-likeness (QED) is 0.916. The van der Waals surface area contributed by atoms with Gasteiger partial charge in [-0.2, -0.15) is 0 Å². The van der Waals surface area contributed by atoms with Crippen LogP contribution in [0.1, 0.15) is 24.9 Å². The summed E-state index contributed by atoms with van der Waals surface area (Å²) >= 11 is 6.07. The van der Waals surface area contributed by atoms with Crippen LogP contribution in [0.25, 0.3) is 0 Å². The molecule has 0 aromatic heterocycles. The number of nitrogens with zero attached hydrogens (tertiary/aromatic N) is 1. The molecule has 1 N–H and O–H groups in total. The number of anilines is 1. The molecule has 0 saturated carbocycles. The number of para-hydroxylation sites is 1. The van der Waals surface area contributed by atoms with Gasteiger partial charge in [-0.25, -0.2) is 0 Å². The number of hydrogen-bond donors (Lipinski definition) is 1. The average Bonchev–Trinajstić information content (AvgIpc) is 2.99. The Morgan fingerprint density at radius 1 is 1.17 bits per heavy atom. The van der Waals surface area contributed by atoms with E-state index in [4.69, 9.17) is 11.6 Å². The summed E-state index contributed by atoms with van der Waals surface area (Å²) in [5.74, 6) is -0.523. The van der Waals surface area contributed by atoms with E-state index in [0.717, 1.165) is 5.56 Å². The fraction of sp³-hybridized carbons (Fsp3) is 0.263. The van der Waals surface area contributed by atoms with E-state index < -0.39 is 0 Å². The maximum absolute atomic E-state index is 12.5. The minimum Gasteiger partial charge on any atom is -0.335 e. The molecule has 0 unspecified atom stereocenters. The summed E-state index contributed by atoms with van der Waals surface area (Å²) in [5.41, 5.74) is 1.64. The molecule has 2 aromatic rings. The van der Waals surface area contributed by atoms with Crippen molar-refractivity contribution in [2.75, 3.05) is 11.9 Å². The Hall–Kier alpha value is -2.33. The van der Waals surface area contributed by atoms with Crippen molar-refractivity contribution in [2.24, 2.45) is 5.92 Å². The van der Waals surface area contributed by atoms with Crippen molar-refractivity contribution < 1.29 is 9.59 Å². The van der Waals surface area contributed by atoms with E-state index in [1.165, 1.54) is 0 Å². The van der Waals surface area contributed by atoms with Crippen LogP contribution in [0, 0.1) is 5.92 Å². The van der Waals surface area contributed by atoms with E-state index in [1.807, 2.05) is 43.3 Å². The van der Waals surface area contributed by atoms with Crippen molar-refractivity contribution in [1.29, 1.82) is 0 Å². The van der Waals surface area contributed by atoms with E-state index in [0.29, 0.717) is 17.3 Å². The van der Waals surface area contributed by atoms with E-state index in [2.05, 4.69) is 5.32 Å². The molecule has 24 heavy (non-hydrogen) atoms. The van der Waals surface area contributed by atoms with Gasteiger partial charge in [0.1, 0.15) is 0 Å². The van der Waals surface area contributed by atoms with Crippen molar-refractivity contribution in [1.82, 2.24) is 4.90 Å². The average molecular weight is 343 g/mol. The molecule has 1 aliphatic rings. The van der Waals surface area contributed by atoms with Gasteiger partial charge in [0.15, 0.2) is 0 Å². The lowest BCUT2D eigenvalue weighted by molar-refractivity contribution is -0.129. The van der Waals surface area contributed by atoms with Crippen LogP contribution >= 0.6 is 11.6 Å². The summed E-state index contributed by atoms with van der Waals surface area (Å²) in [5, 5.41) is 3.31. The van der Waals surface area contributed by atoms with Crippen LogP contribution in [0.2, 0.25) is 5.02 Å². The number of halogens is 1. The molecule has 5 heteroatoms. The minimum absolute atomic E-state index is 0.00524. The van der Waals surface area contributed by atoms with Crippen molar-refractivity contribution in [3.63, 3.8) is 0 Å². The smallest absolute Gasteiger partial charge is 0.229 e. The van der Waals surface area contributed by atoms with Crippen molar-refractivity contribution >= 4 is 29.1 Å². The zero-order chi connectivity index (χ0) is 17.1. The van der Waals surface area contributed by atoms with Crippen molar-refractivity contribution in [2.45, 2.75) is 19.4 Å². The summed E-state index contributed by atoms with van der Waals surface area (Å²) < 4.78 is 0. The van der Waals surface area contributed by atoms with Crippen LogP contribution in [0.3, 0.4) is 0 Å². The molecule has 2 amide bonds. The Kier molecular flexibility index (Phi) is 4.86. The Bertz CT molecular complexity index is 748. The highest BCUT2D eigenvalue weighted by Gasteiger charge is 2.37. The van der Waals surface area contributed by atoms with Gasteiger partial charge in [-0.1, -0.05) is 54.1 Å². The van der Waals surface area contributed by atoms with Gasteiger partial charge in [-0.3, -0.25) is 9.59 Å². The van der Waals surface area contributed by atoms with Gasteiger partial charge in [-0.15, -0.1) is 0 Å². The molecular weight excluding hydrogens is 324 g/mol. The number of carbonyl (C=O) groups excluding carboxylic acids is 2. The summed E-state index contributed by atoms with van der Waals surface area (Å²) in [6, 6.07) is 16.9. The van der Waals surface area contributed by atoms with E-state index in [9.17, 15) is 9.59 Å². The molecule has 2 aromatic carbocycles. The first-order chi connectivity index (χ1) is 11.6. The van der Waals surface area contributed by atoms with Crippen LogP contribution in [0.5, 0.6) is 0 Å². The third-order valence-electron chi connectivity index (χ3n) is 4.41. The predicted octanol–water partition coefficient (Wildman–Crippen LogP) is 3.89. The third-order valence-corrected chi connectivity index (χ3v) is 4.74. The molecule has 1 heterocycles. The highest BCUT2D eigenvalue weighted by atomic mass is 35.5. The van der Waals surface area contributed by atoms with E-state index in [-0.39, 0.29) is 30.2 Å². The van der Waals surface area contributed by atoms with Gasteiger partial charge in [0, 0.05) is 13.0 Å². The van der Waals surface area contributed by atoms with E-state index in [1.54, 1.807) is 23.1 Å². The van der Waals surface area contributed by atoms with E-state index >= 15 is 0 Å². The van der Waals surface area contributed by atoms with Crippen LogP contribution < -0.4 is 5.32 Å². The lowest BCUT2D eigenvalue weighted by atomic mass is 10.1. The zero-order valence-corrected chi connectivity index (χ0v) is 14.2. The lowest BCUT2D eigenvalue weighted by Gasteiger charge is -2.25. The number of nitrogens with one attached hydrogen (secondary N) is 1. The van der Waals surface area contributed by atoms with Gasteiger partial charge in [0.05, 0.1) is 22.7 Å². The van der Waals surface area contributed by atoms with Crippen molar-refractivity contribution in [3.05, 3.63) is 65.2 Å². The Morgan fingerprint density at radius 2 is 1.83 bits per heavy atom. The van der Waals surface area contributed by atoms with Gasteiger partial charge >= 0.3 is 0 Å². The van der Waals surface area contributed by atoms with Crippen LogP contribution in [-0.2, 0) is 9.59 Å². The fourth-order valence-corrected chi connectivity index (χ4v) is 3.17. The summed E-state index contributed by atoms with van der Waals surface area (Å²) in [7, 11) is 0. The number of rotatable bonds is 4. The Balaban J connectivity index is 1.68. The molecule has 0 bridgehead atoms. The first kappa shape index (κ1) is 16.5. The standard InChI is InChI=1S/C19H19ClN2O2/c1-13(14-7-3-2-4-8-14)22-12-15(11-18(22)23)19(24)21-17-10-6-5-9-16(17)20/h2-10,13,15H,11-12H2,1H3,(H,21,24)/t13-,15-/m0/s1. The van der Waals surface area contributed by atoms with Crippen LogP contribution in [-0.4, -0.2) is 23.3 Å². The second-order valence-corrected chi connectivity index (χ2v) is 6.41. The molecule has 3 rings (SSSR count). The lowest BCUT2D eigenvalue weighted by Crippen LogP contribution is -2.30. The van der Waals surface area contributed by atoms with Gasteiger partial charge in [0.2, 0.25) is 11.8 Å². The third kappa shape index (κ3) is 3.44. The molecular formula is C19H19ClN2O2.